The molecule has 0 saturated heterocycles. The van der Waals surface area contributed by atoms with E-state index in [1.807, 2.05) is 6.92 Å². The Hall–Kier alpha value is -1.18. The summed E-state index contributed by atoms with van der Waals surface area (Å²) in [5, 5.41) is 6.59. The molecule has 136 valence electrons. The molecule has 1 heterocycles. The normalized spacial score (nSPS) is 16.2. The molecule has 1 aromatic rings. The van der Waals surface area contributed by atoms with Crippen molar-refractivity contribution in [2.45, 2.75) is 59.7 Å². The zero-order chi connectivity index (χ0) is 16.8. The number of hydrogen-bond donors (Lipinski definition) is 2. The highest BCUT2D eigenvalue weighted by Crippen LogP contribution is 2.35. The molecule has 2 rings (SSSR count). The van der Waals surface area contributed by atoms with Gasteiger partial charge in [0.1, 0.15) is 17.6 Å². The van der Waals surface area contributed by atoms with Crippen molar-refractivity contribution in [2.75, 3.05) is 13.2 Å². The zero-order valence-corrected chi connectivity index (χ0v) is 17.6. The maximum Gasteiger partial charge on any atom is 0.191 e. The van der Waals surface area contributed by atoms with Crippen LogP contribution in [0.1, 0.15) is 45.7 Å². The number of nitrogens with zero attached hydrogens (tertiary/aromatic N) is 1. The van der Waals surface area contributed by atoms with Crippen LogP contribution in [0.5, 0.6) is 11.5 Å². The maximum atomic E-state index is 5.86. The van der Waals surface area contributed by atoms with Crippen LogP contribution in [-0.2, 0) is 13.0 Å². The molecule has 0 aliphatic carbocycles. The summed E-state index contributed by atoms with van der Waals surface area (Å²) in [7, 11) is 0. The van der Waals surface area contributed by atoms with Crippen LogP contribution < -0.4 is 20.1 Å². The fourth-order valence-electron chi connectivity index (χ4n) is 2.65. The van der Waals surface area contributed by atoms with Crippen LogP contribution in [0, 0.1) is 0 Å². The van der Waals surface area contributed by atoms with Crippen LogP contribution >= 0.6 is 24.0 Å². The molecule has 1 aliphatic rings. The van der Waals surface area contributed by atoms with E-state index in [9.17, 15) is 0 Å². The summed E-state index contributed by atoms with van der Waals surface area (Å²) >= 11 is 0. The standard InChI is InChI=1S/C18H29N3O2.HI/c1-6-19-18(21-12(3)4)20-11-15-10-17-14(8-13(5)23-17)9-16(15)22-7-2;/h9-10,12-13H,6-8,11H2,1-5H3,(H2,19,20,21);1H. The summed E-state index contributed by atoms with van der Waals surface area (Å²) in [6.45, 7) is 12.4. The Kier molecular flexibility index (Phi) is 8.66. The number of guanidine groups is 1. The fraction of sp³-hybridized carbons (Fsp3) is 0.611. The van der Waals surface area contributed by atoms with Gasteiger partial charge in [0.15, 0.2) is 5.96 Å². The first kappa shape index (κ1) is 20.9. The molecule has 0 bridgehead atoms. The molecule has 5 nitrogen and oxygen atoms in total. The fourth-order valence-corrected chi connectivity index (χ4v) is 2.65. The number of benzene rings is 1. The highest BCUT2D eigenvalue weighted by atomic mass is 127. The average molecular weight is 447 g/mol. The van der Waals surface area contributed by atoms with Crippen LogP contribution in [0.2, 0.25) is 0 Å². The number of halogens is 1. The summed E-state index contributed by atoms with van der Waals surface area (Å²) < 4.78 is 11.7. The lowest BCUT2D eigenvalue weighted by Crippen LogP contribution is -2.41. The first-order valence-corrected chi connectivity index (χ1v) is 8.53. The average Bonchev–Trinajstić information content (AvgIpc) is 2.83. The van der Waals surface area contributed by atoms with E-state index in [2.05, 4.69) is 55.5 Å². The van der Waals surface area contributed by atoms with E-state index in [1.165, 1.54) is 5.56 Å². The van der Waals surface area contributed by atoms with E-state index in [1.54, 1.807) is 0 Å². The minimum absolute atomic E-state index is 0. The second-order valence-corrected chi connectivity index (χ2v) is 6.13. The molecule has 6 heteroatoms. The molecule has 0 radical (unpaired) electrons. The van der Waals surface area contributed by atoms with Crippen molar-refractivity contribution in [3.05, 3.63) is 23.3 Å². The lowest BCUT2D eigenvalue weighted by Gasteiger charge is -2.15. The van der Waals surface area contributed by atoms with E-state index in [4.69, 9.17) is 9.47 Å². The molecule has 24 heavy (non-hydrogen) atoms. The van der Waals surface area contributed by atoms with Gasteiger partial charge in [-0.2, -0.15) is 0 Å². The number of ether oxygens (including phenoxy) is 2. The molecule has 1 unspecified atom stereocenters. The lowest BCUT2D eigenvalue weighted by molar-refractivity contribution is 0.254. The lowest BCUT2D eigenvalue weighted by atomic mass is 10.1. The van der Waals surface area contributed by atoms with Crippen LogP contribution in [0.25, 0.3) is 0 Å². The summed E-state index contributed by atoms with van der Waals surface area (Å²) in [6, 6.07) is 4.52. The monoisotopic (exact) mass is 447 g/mol. The predicted octanol–water partition coefficient (Wildman–Crippen LogP) is 3.49. The van der Waals surface area contributed by atoms with Gasteiger partial charge in [0.05, 0.1) is 13.2 Å². The molecule has 0 saturated carbocycles. The van der Waals surface area contributed by atoms with Crippen molar-refractivity contribution in [1.82, 2.24) is 10.6 Å². The topological polar surface area (TPSA) is 54.9 Å². The Bertz CT molecular complexity index is 561. The quantitative estimate of drug-likeness (QED) is 0.398. The van der Waals surface area contributed by atoms with Crippen LogP contribution in [0.4, 0.5) is 0 Å². The summed E-state index contributed by atoms with van der Waals surface area (Å²) in [5.41, 5.74) is 2.28. The molecular weight excluding hydrogens is 417 g/mol. The van der Waals surface area contributed by atoms with Gasteiger partial charge in [0, 0.05) is 30.1 Å². The van der Waals surface area contributed by atoms with E-state index in [0.717, 1.165) is 36.0 Å². The molecular formula is C18H30IN3O2. The number of fused-ring (bicyclic) bond motifs is 1. The third-order valence-corrected chi connectivity index (χ3v) is 3.56. The van der Waals surface area contributed by atoms with Crippen molar-refractivity contribution in [3.63, 3.8) is 0 Å². The van der Waals surface area contributed by atoms with Crippen molar-refractivity contribution in [2.24, 2.45) is 4.99 Å². The van der Waals surface area contributed by atoms with E-state index in [-0.39, 0.29) is 30.1 Å². The van der Waals surface area contributed by atoms with Crippen molar-refractivity contribution in [3.8, 4) is 11.5 Å². The molecule has 1 aromatic carbocycles. The summed E-state index contributed by atoms with van der Waals surface area (Å²) in [6.07, 6.45) is 1.18. The van der Waals surface area contributed by atoms with E-state index in [0.29, 0.717) is 19.2 Å². The number of rotatable bonds is 6. The molecule has 1 atom stereocenters. The number of hydrogen-bond acceptors (Lipinski definition) is 3. The molecule has 0 fully saturated rings. The highest BCUT2D eigenvalue weighted by molar-refractivity contribution is 14.0. The highest BCUT2D eigenvalue weighted by Gasteiger charge is 2.21. The second-order valence-electron chi connectivity index (χ2n) is 6.13. The number of nitrogens with one attached hydrogen (secondary N) is 2. The minimum atomic E-state index is 0. The SMILES string of the molecule is CCNC(=NCc1cc2c(cc1OCC)CC(C)O2)NC(C)C.I. The molecule has 0 amide bonds. The van der Waals surface area contributed by atoms with Gasteiger partial charge in [-0.15, -0.1) is 24.0 Å². The Morgan fingerprint density at radius 2 is 2.12 bits per heavy atom. The minimum Gasteiger partial charge on any atom is -0.494 e. The van der Waals surface area contributed by atoms with Crippen LogP contribution in [0.15, 0.2) is 17.1 Å². The first-order chi connectivity index (χ1) is 11.0. The zero-order valence-electron chi connectivity index (χ0n) is 15.3. The van der Waals surface area contributed by atoms with Crippen LogP contribution in [0.3, 0.4) is 0 Å². The van der Waals surface area contributed by atoms with Gasteiger partial charge in [0.2, 0.25) is 0 Å². The first-order valence-electron chi connectivity index (χ1n) is 8.53. The Morgan fingerprint density at radius 1 is 1.38 bits per heavy atom. The third-order valence-electron chi connectivity index (χ3n) is 3.56. The number of aliphatic imine (C=N–C) groups is 1. The van der Waals surface area contributed by atoms with Crippen molar-refractivity contribution < 1.29 is 9.47 Å². The van der Waals surface area contributed by atoms with Gasteiger partial charge < -0.3 is 20.1 Å². The van der Waals surface area contributed by atoms with Gasteiger partial charge in [-0.25, -0.2) is 4.99 Å². The van der Waals surface area contributed by atoms with Gasteiger partial charge in [-0.1, -0.05) is 0 Å². The smallest absolute Gasteiger partial charge is 0.191 e. The van der Waals surface area contributed by atoms with Gasteiger partial charge in [-0.05, 0) is 46.8 Å². The Morgan fingerprint density at radius 3 is 2.75 bits per heavy atom. The summed E-state index contributed by atoms with van der Waals surface area (Å²) in [4.78, 5) is 4.67. The Balaban J connectivity index is 0.00000288. The van der Waals surface area contributed by atoms with Crippen LogP contribution in [-0.4, -0.2) is 31.3 Å². The van der Waals surface area contributed by atoms with Gasteiger partial charge in [0.25, 0.3) is 0 Å². The predicted molar refractivity (Wildman–Crippen MR) is 110 cm³/mol. The molecule has 0 spiro atoms. The van der Waals surface area contributed by atoms with Gasteiger partial charge >= 0.3 is 0 Å². The van der Waals surface area contributed by atoms with Crippen molar-refractivity contribution in [1.29, 1.82) is 0 Å². The van der Waals surface area contributed by atoms with E-state index < -0.39 is 0 Å². The maximum absolute atomic E-state index is 5.86. The summed E-state index contributed by atoms with van der Waals surface area (Å²) in [5.74, 6) is 2.70. The van der Waals surface area contributed by atoms with Gasteiger partial charge in [-0.3, -0.25) is 0 Å². The molecule has 2 N–H and O–H groups in total. The largest absolute Gasteiger partial charge is 0.494 e. The van der Waals surface area contributed by atoms with E-state index >= 15 is 0 Å². The third kappa shape index (κ3) is 5.72. The molecule has 1 aliphatic heterocycles. The molecule has 0 aromatic heterocycles. The Labute approximate surface area is 162 Å². The second kappa shape index (κ2) is 9.96. The van der Waals surface area contributed by atoms with Crippen molar-refractivity contribution >= 4 is 29.9 Å².